The van der Waals surface area contributed by atoms with Gasteiger partial charge in [-0.1, -0.05) is 24.6 Å². The van der Waals surface area contributed by atoms with Gasteiger partial charge in [-0.05, 0) is 49.6 Å². The van der Waals surface area contributed by atoms with Crippen molar-refractivity contribution in [1.82, 2.24) is 4.31 Å². The molecular weight excluding hydrogens is 381 g/mol. The summed E-state index contributed by atoms with van der Waals surface area (Å²) in [5.41, 5.74) is 1.48. The average molecular weight is 405 g/mol. The number of aryl methyl sites for hydroxylation is 1. The maximum absolute atomic E-state index is 13.6. The number of carbonyl (C=O) groups is 1. The van der Waals surface area contributed by atoms with Crippen molar-refractivity contribution in [1.29, 1.82) is 0 Å². The Morgan fingerprint density at radius 3 is 2.50 bits per heavy atom. The van der Waals surface area contributed by atoms with E-state index in [1.54, 1.807) is 30.3 Å². The van der Waals surface area contributed by atoms with E-state index in [-0.39, 0.29) is 17.1 Å². The van der Waals surface area contributed by atoms with Gasteiger partial charge < -0.3 is 10.6 Å². The molecule has 3 rings (SSSR count). The van der Waals surface area contributed by atoms with E-state index in [2.05, 4.69) is 10.6 Å². The second kappa shape index (κ2) is 8.70. The zero-order chi connectivity index (χ0) is 20.1. The van der Waals surface area contributed by atoms with Gasteiger partial charge in [0.15, 0.2) is 0 Å². The van der Waals surface area contributed by atoms with Crippen molar-refractivity contribution in [2.45, 2.75) is 31.1 Å². The minimum atomic E-state index is -3.55. The van der Waals surface area contributed by atoms with E-state index >= 15 is 0 Å². The van der Waals surface area contributed by atoms with Crippen molar-refractivity contribution in [3.63, 3.8) is 0 Å². The Hall–Kier alpha value is -2.45. The molecule has 2 aromatic rings. The summed E-state index contributed by atoms with van der Waals surface area (Å²) in [6.45, 7) is 2.78. The summed E-state index contributed by atoms with van der Waals surface area (Å²) in [5.74, 6) is -0.935. The molecule has 0 aliphatic carbocycles. The summed E-state index contributed by atoms with van der Waals surface area (Å²) < 4.78 is 40.8. The fraction of sp³-hybridized carbons (Fsp3) is 0.350. The molecule has 2 N–H and O–H groups in total. The predicted molar refractivity (Wildman–Crippen MR) is 107 cm³/mol. The lowest BCUT2D eigenvalue weighted by atomic mass is 10.2. The number of benzene rings is 2. The van der Waals surface area contributed by atoms with Gasteiger partial charge in [0.2, 0.25) is 15.9 Å². The highest BCUT2D eigenvalue weighted by Gasteiger charge is 2.26. The zero-order valence-electron chi connectivity index (χ0n) is 15.7. The Morgan fingerprint density at radius 1 is 1.07 bits per heavy atom. The number of anilines is 2. The molecule has 1 amide bonds. The summed E-state index contributed by atoms with van der Waals surface area (Å²) in [6.07, 6.45) is 2.78. The fourth-order valence-electron chi connectivity index (χ4n) is 3.14. The largest absolute Gasteiger partial charge is 0.376 e. The Labute approximate surface area is 164 Å². The molecule has 6 nitrogen and oxygen atoms in total. The number of nitrogens with zero attached hydrogens (tertiary/aromatic N) is 1. The van der Waals surface area contributed by atoms with E-state index in [9.17, 15) is 17.6 Å². The number of amides is 1. The van der Waals surface area contributed by atoms with Crippen LogP contribution in [-0.2, 0) is 14.8 Å². The standard InChI is InChI=1S/C20H24FN3O3S/c1-15-9-10-16(28(26,27)24-11-5-2-6-12-24)13-19(15)22-14-20(25)23-18-8-4-3-7-17(18)21/h3-4,7-10,13,22H,2,5-6,11-12,14H2,1H3,(H,23,25). The lowest BCUT2D eigenvalue weighted by Gasteiger charge is -2.26. The van der Waals surface area contributed by atoms with Crippen LogP contribution in [0.2, 0.25) is 0 Å². The van der Waals surface area contributed by atoms with Crippen molar-refractivity contribution in [3.8, 4) is 0 Å². The topological polar surface area (TPSA) is 78.5 Å². The molecule has 0 saturated carbocycles. The van der Waals surface area contributed by atoms with Crippen molar-refractivity contribution >= 4 is 27.3 Å². The molecule has 0 bridgehead atoms. The van der Waals surface area contributed by atoms with Gasteiger partial charge in [0, 0.05) is 18.8 Å². The minimum Gasteiger partial charge on any atom is -0.376 e. The molecule has 150 valence electrons. The number of hydrogen-bond donors (Lipinski definition) is 2. The van der Waals surface area contributed by atoms with E-state index in [0.717, 1.165) is 24.8 Å². The maximum Gasteiger partial charge on any atom is 0.243 e. The van der Waals surface area contributed by atoms with Crippen LogP contribution >= 0.6 is 0 Å². The van der Waals surface area contributed by atoms with Crippen LogP contribution in [0.3, 0.4) is 0 Å². The first-order valence-corrected chi connectivity index (χ1v) is 10.7. The molecule has 1 heterocycles. The van der Waals surface area contributed by atoms with Gasteiger partial charge in [-0.25, -0.2) is 12.8 Å². The molecule has 0 atom stereocenters. The van der Waals surface area contributed by atoms with E-state index in [1.807, 2.05) is 6.92 Å². The Morgan fingerprint density at radius 2 is 1.79 bits per heavy atom. The van der Waals surface area contributed by atoms with Crippen molar-refractivity contribution in [2.24, 2.45) is 0 Å². The number of hydrogen-bond acceptors (Lipinski definition) is 4. The molecular formula is C20H24FN3O3S. The molecule has 28 heavy (non-hydrogen) atoms. The van der Waals surface area contributed by atoms with Crippen LogP contribution in [0.5, 0.6) is 0 Å². The molecule has 1 aliphatic heterocycles. The van der Waals surface area contributed by atoms with Crippen LogP contribution in [0.15, 0.2) is 47.4 Å². The van der Waals surface area contributed by atoms with Gasteiger partial charge in [0.25, 0.3) is 0 Å². The second-order valence-electron chi connectivity index (χ2n) is 6.82. The molecule has 0 spiro atoms. The first-order valence-electron chi connectivity index (χ1n) is 9.27. The van der Waals surface area contributed by atoms with E-state index in [1.165, 1.54) is 16.4 Å². The summed E-state index contributed by atoms with van der Waals surface area (Å²) in [5, 5.41) is 5.44. The molecule has 1 saturated heterocycles. The fourth-order valence-corrected chi connectivity index (χ4v) is 4.68. The van der Waals surface area contributed by atoms with Crippen molar-refractivity contribution < 1.29 is 17.6 Å². The number of nitrogens with one attached hydrogen (secondary N) is 2. The third-order valence-corrected chi connectivity index (χ3v) is 6.64. The van der Waals surface area contributed by atoms with Crippen LogP contribution in [0.4, 0.5) is 15.8 Å². The van der Waals surface area contributed by atoms with Gasteiger partial charge in [-0.2, -0.15) is 4.31 Å². The average Bonchev–Trinajstić information content (AvgIpc) is 2.69. The third-order valence-electron chi connectivity index (χ3n) is 4.75. The van der Waals surface area contributed by atoms with Crippen LogP contribution < -0.4 is 10.6 Å². The van der Waals surface area contributed by atoms with E-state index < -0.39 is 21.7 Å². The Kier molecular flexibility index (Phi) is 6.31. The number of para-hydroxylation sites is 1. The Bertz CT molecular complexity index is 957. The molecule has 8 heteroatoms. The quantitative estimate of drug-likeness (QED) is 0.773. The molecule has 0 radical (unpaired) electrons. The van der Waals surface area contributed by atoms with Crippen LogP contribution in [0.25, 0.3) is 0 Å². The van der Waals surface area contributed by atoms with Gasteiger partial charge in [0.1, 0.15) is 5.82 Å². The van der Waals surface area contributed by atoms with Gasteiger partial charge in [-0.3, -0.25) is 4.79 Å². The van der Waals surface area contributed by atoms with Gasteiger partial charge in [0.05, 0.1) is 17.1 Å². The predicted octanol–water partition coefficient (Wildman–Crippen LogP) is 3.36. The Balaban J connectivity index is 1.69. The summed E-state index contributed by atoms with van der Waals surface area (Å²) in [7, 11) is -3.55. The van der Waals surface area contributed by atoms with Crippen molar-refractivity contribution in [2.75, 3.05) is 30.3 Å². The molecule has 1 aliphatic rings. The first kappa shape index (κ1) is 20.3. The number of carbonyl (C=O) groups excluding carboxylic acids is 1. The highest BCUT2D eigenvalue weighted by atomic mass is 32.2. The van der Waals surface area contributed by atoms with E-state index in [0.29, 0.717) is 18.8 Å². The molecule has 2 aromatic carbocycles. The maximum atomic E-state index is 13.6. The highest BCUT2D eigenvalue weighted by Crippen LogP contribution is 2.25. The van der Waals surface area contributed by atoms with Gasteiger partial charge >= 0.3 is 0 Å². The molecule has 1 fully saturated rings. The van der Waals surface area contributed by atoms with Gasteiger partial charge in [-0.15, -0.1) is 0 Å². The molecule has 0 aromatic heterocycles. The molecule has 0 unspecified atom stereocenters. The zero-order valence-corrected chi connectivity index (χ0v) is 16.6. The SMILES string of the molecule is Cc1ccc(S(=O)(=O)N2CCCCC2)cc1NCC(=O)Nc1ccccc1F. The van der Waals surface area contributed by atoms with Crippen LogP contribution in [0.1, 0.15) is 24.8 Å². The number of sulfonamides is 1. The van der Waals surface area contributed by atoms with E-state index in [4.69, 9.17) is 0 Å². The van der Waals surface area contributed by atoms with Crippen LogP contribution in [-0.4, -0.2) is 38.3 Å². The number of rotatable bonds is 6. The number of piperidine rings is 1. The lowest BCUT2D eigenvalue weighted by molar-refractivity contribution is -0.114. The number of halogens is 1. The monoisotopic (exact) mass is 405 g/mol. The van der Waals surface area contributed by atoms with Crippen LogP contribution in [0, 0.1) is 12.7 Å². The highest BCUT2D eigenvalue weighted by molar-refractivity contribution is 7.89. The second-order valence-corrected chi connectivity index (χ2v) is 8.76. The summed E-state index contributed by atoms with van der Waals surface area (Å²) >= 11 is 0. The third kappa shape index (κ3) is 4.69. The minimum absolute atomic E-state index is 0.104. The first-order chi connectivity index (χ1) is 13.4. The summed E-state index contributed by atoms with van der Waals surface area (Å²) in [4.78, 5) is 12.3. The lowest BCUT2D eigenvalue weighted by Crippen LogP contribution is -2.35. The smallest absolute Gasteiger partial charge is 0.243 e. The van der Waals surface area contributed by atoms with Crippen molar-refractivity contribution in [3.05, 3.63) is 53.8 Å². The normalized spacial score (nSPS) is 15.2. The summed E-state index contributed by atoms with van der Waals surface area (Å²) in [6, 6.07) is 10.8.